The van der Waals surface area contributed by atoms with Crippen molar-refractivity contribution in [2.75, 3.05) is 19.4 Å². The molecule has 2 unspecified atom stereocenters. The largest absolute Gasteiger partial charge is 0.378 e. The van der Waals surface area contributed by atoms with E-state index in [1.165, 1.54) is 6.26 Å². The van der Waals surface area contributed by atoms with Crippen molar-refractivity contribution in [2.24, 2.45) is 5.92 Å². The Hall–Kier alpha value is -0.130. The van der Waals surface area contributed by atoms with Gasteiger partial charge in [0.1, 0.15) is 0 Å². The molecule has 0 aliphatic carbocycles. The van der Waals surface area contributed by atoms with Gasteiger partial charge in [-0.3, -0.25) is 0 Å². The van der Waals surface area contributed by atoms with Crippen molar-refractivity contribution in [1.29, 1.82) is 0 Å². The summed E-state index contributed by atoms with van der Waals surface area (Å²) in [6.45, 7) is 9.13. The summed E-state index contributed by atoms with van der Waals surface area (Å²) in [5.41, 5.74) is 0. The summed E-state index contributed by atoms with van der Waals surface area (Å²) in [6.07, 6.45) is 3.52. The fourth-order valence-corrected chi connectivity index (χ4v) is 2.34. The van der Waals surface area contributed by atoms with Gasteiger partial charge in [-0.25, -0.2) is 8.42 Å². The first kappa shape index (κ1) is 15.9. The standard InChI is InChI=1S/C13H27NO3S/c1-10(2)12-8-11(6-7-17-12)14-9-13(3,4)18(5,15)16/h10-12,14H,6-9H2,1-5H3. The number of ether oxygens (including phenoxy) is 1. The second-order valence-electron chi connectivity index (χ2n) is 6.29. The zero-order valence-electron chi connectivity index (χ0n) is 12.2. The van der Waals surface area contributed by atoms with E-state index in [-0.39, 0.29) is 6.10 Å². The Labute approximate surface area is 111 Å². The lowest BCUT2D eigenvalue weighted by Gasteiger charge is -2.34. The molecule has 2 atom stereocenters. The van der Waals surface area contributed by atoms with Crippen LogP contribution in [0.25, 0.3) is 0 Å². The monoisotopic (exact) mass is 277 g/mol. The fraction of sp³-hybridized carbons (Fsp3) is 1.00. The summed E-state index contributed by atoms with van der Waals surface area (Å²) in [7, 11) is -3.03. The van der Waals surface area contributed by atoms with Gasteiger partial charge in [-0.15, -0.1) is 0 Å². The van der Waals surface area contributed by atoms with Crippen LogP contribution in [0.5, 0.6) is 0 Å². The quantitative estimate of drug-likeness (QED) is 0.829. The van der Waals surface area contributed by atoms with E-state index in [0.717, 1.165) is 19.4 Å². The van der Waals surface area contributed by atoms with E-state index >= 15 is 0 Å². The number of hydrogen-bond acceptors (Lipinski definition) is 4. The zero-order valence-corrected chi connectivity index (χ0v) is 13.0. The molecule has 1 rings (SSSR count). The molecule has 5 heteroatoms. The second-order valence-corrected chi connectivity index (χ2v) is 8.94. The van der Waals surface area contributed by atoms with Crippen LogP contribution in [0.3, 0.4) is 0 Å². The lowest BCUT2D eigenvalue weighted by atomic mass is 9.95. The van der Waals surface area contributed by atoms with Gasteiger partial charge < -0.3 is 10.1 Å². The molecule has 1 fully saturated rings. The molecular formula is C13H27NO3S. The molecule has 0 aromatic carbocycles. The van der Waals surface area contributed by atoms with E-state index in [1.54, 1.807) is 13.8 Å². The summed E-state index contributed by atoms with van der Waals surface area (Å²) >= 11 is 0. The summed E-state index contributed by atoms with van der Waals surface area (Å²) in [5, 5.41) is 3.39. The van der Waals surface area contributed by atoms with Crippen LogP contribution in [-0.4, -0.2) is 44.7 Å². The highest BCUT2D eigenvalue weighted by atomic mass is 32.2. The first-order chi connectivity index (χ1) is 8.13. The molecule has 0 saturated carbocycles. The lowest BCUT2D eigenvalue weighted by Crippen LogP contribution is -2.48. The van der Waals surface area contributed by atoms with Crippen LogP contribution in [0.2, 0.25) is 0 Å². The highest BCUT2D eigenvalue weighted by Gasteiger charge is 2.32. The molecule has 0 spiro atoms. The maximum Gasteiger partial charge on any atom is 0.153 e. The van der Waals surface area contributed by atoms with Crippen LogP contribution >= 0.6 is 0 Å². The van der Waals surface area contributed by atoms with E-state index in [4.69, 9.17) is 4.74 Å². The Balaban J connectivity index is 2.49. The predicted octanol–water partition coefficient (Wildman–Crippen LogP) is 1.60. The molecule has 0 bridgehead atoms. The Morgan fingerprint density at radius 1 is 1.39 bits per heavy atom. The van der Waals surface area contributed by atoms with Gasteiger partial charge in [-0.05, 0) is 32.6 Å². The smallest absolute Gasteiger partial charge is 0.153 e. The van der Waals surface area contributed by atoms with E-state index in [2.05, 4.69) is 19.2 Å². The molecule has 1 aliphatic rings. The van der Waals surface area contributed by atoms with Crippen LogP contribution in [-0.2, 0) is 14.6 Å². The normalized spacial score (nSPS) is 26.6. The molecule has 1 saturated heterocycles. The Bertz CT molecular complexity index is 362. The molecular weight excluding hydrogens is 250 g/mol. The first-order valence-corrected chi connectivity index (χ1v) is 8.57. The van der Waals surface area contributed by atoms with Crippen LogP contribution in [0.4, 0.5) is 0 Å². The van der Waals surface area contributed by atoms with Crippen molar-refractivity contribution in [2.45, 2.75) is 57.4 Å². The van der Waals surface area contributed by atoms with Crippen LogP contribution < -0.4 is 5.32 Å². The van der Waals surface area contributed by atoms with E-state index in [9.17, 15) is 8.42 Å². The lowest BCUT2D eigenvalue weighted by molar-refractivity contribution is -0.0244. The van der Waals surface area contributed by atoms with E-state index in [1.807, 2.05) is 0 Å². The molecule has 1 N–H and O–H groups in total. The highest BCUT2D eigenvalue weighted by molar-refractivity contribution is 7.92. The third-order valence-corrected chi connectivity index (χ3v) is 6.03. The molecule has 0 amide bonds. The first-order valence-electron chi connectivity index (χ1n) is 6.68. The van der Waals surface area contributed by atoms with Gasteiger partial charge in [0.2, 0.25) is 0 Å². The van der Waals surface area contributed by atoms with Crippen molar-refractivity contribution in [3.8, 4) is 0 Å². The molecule has 108 valence electrons. The van der Waals surface area contributed by atoms with Crippen molar-refractivity contribution >= 4 is 9.84 Å². The van der Waals surface area contributed by atoms with Gasteiger partial charge in [0.25, 0.3) is 0 Å². The van der Waals surface area contributed by atoms with Crippen LogP contribution in [0.1, 0.15) is 40.5 Å². The van der Waals surface area contributed by atoms with Crippen LogP contribution in [0, 0.1) is 5.92 Å². The summed E-state index contributed by atoms with van der Waals surface area (Å²) < 4.78 is 28.3. The minimum absolute atomic E-state index is 0.289. The van der Waals surface area contributed by atoms with Gasteiger partial charge in [0.05, 0.1) is 10.9 Å². The number of hydrogen-bond donors (Lipinski definition) is 1. The Morgan fingerprint density at radius 2 is 2.00 bits per heavy atom. The third-order valence-electron chi connectivity index (χ3n) is 3.88. The van der Waals surface area contributed by atoms with Gasteiger partial charge >= 0.3 is 0 Å². The number of sulfone groups is 1. The molecule has 1 heterocycles. The fourth-order valence-electron chi connectivity index (χ4n) is 2.00. The average molecular weight is 277 g/mol. The molecule has 4 nitrogen and oxygen atoms in total. The van der Waals surface area contributed by atoms with E-state index < -0.39 is 14.6 Å². The van der Waals surface area contributed by atoms with E-state index in [0.29, 0.717) is 18.5 Å². The summed E-state index contributed by atoms with van der Waals surface area (Å²) in [6, 6.07) is 0.368. The van der Waals surface area contributed by atoms with Gasteiger partial charge in [0.15, 0.2) is 9.84 Å². The summed E-state index contributed by atoms with van der Waals surface area (Å²) in [4.78, 5) is 0. The van der Waals surface area contributed by atoms with Crippen molar-refractivity contribution in [3.05, 3.63) is 0 Å². The highest BCUT2D eigenvalue weighted by Crippen LogP contribution is 2.21. The van der Waals surface area contributed by atoms with Crippen molar-refractivity contribution in [3.63, 3.8) is 0 Å². The Morgan fingerprint density at radius 3 is 2.50 bits per heavy atom. The topological polar surface area (TPSA) is 55.4 Å². The number of nitrogens with one attached hydrogen (secondary N) is 1. The maximum absolute atomic E-state index is 11.6. The molecule has 0 radical (unpaired) electrons. The van der Waals surface area contributed by atoms with Crippen LogP contribution in [0.15, 0.2) is 0 Å². The van der Waals surface area contributed by atoms with Gasteiger partial charge in [0, 0.05) is 25.4 Å². The predicted molar refractivity (Wildman–Crippen MR) is 74.5 cm³/mol. The molecule has 1 aliphatic heterocycles. The summed E-state index contributed by atoms with van der Waals surface area (Å²) in [5.74, 6) is 0.512. The zero-order chi connectivity index (χ0) is 14.0. The molecule has 0 aromatic heterocycles. The second kappa shape index (κ2) is 5.88. The Kier molecular flexibility index (Phi) is 5.21. The maximum atomic E-state index is 11.6. The average Bonchev–Trinajstić information content (AvgIpc) is 2.25. The van der Waals surface area contributed by atoms with Gasteiger partial charge in [-0.2, -0.15) is 0 Å². The SMILES string of the molecule is CC(C)C1CC(NCC(C)(C)S(C)(=O)=O)CCO1. The minimum Gasteiger partial charge on any atom is -0.378 e. The van der Waals surface area contributed by atoms with Crippen molar-refractivity contribution < 1.29 is 13.2 Å². The number of rotatable bonds is 5. The van der Waals surface area contributed by atoms with Crippen molar-refractivity contribution in [1.82, 2.24) is 5.32 Å². The third kappa shape index (κ3) is 4.21. The minimum atomic E-state index is -3.03. The molecule has 18 heavy (non-hydrogen) atoms. The molecule has 0 aromatic rings. The van der Waals surface area contributed by atoms with Gasteiger partial charge in [-0.1, -0.05) is 13.8 Å².